The van der Waals surface area contributed by atoms with Crippen LogP contribution in [0.5, 0.6) is 0 Å². The summed E-state index contributed by atoms with van der Waals surface area (Å²) in [6.45, 7) is 0. The quantitative estimate of drug-likeness (QED) is 0.764. The normalized spacial score (nSPS) is 10.5. The Morgan fingerprint density at radius 1 is 1.33 bits per heavy atom. The Hall–Kier alpha value is -0.260. The molecule has 0 saturated carbocycles. The molecule has 0 amide bonds. The largest absolute Gasteiger partial charge is 0.240 e. The Kier molecular flexibility index (Phi) is 2.25. The van der Waals surface area contributed by atoms with Crippen LogP contribution in [0.3, 0.4) is 0 Å². The molecule has 0 aliphatic heterocycles. The van der Waals surface area contributed by atoms with Gasteiger partial charge in [-0.25, -0.2) is 4.98 Å². The fourth-order valence-electron chi connectivity index (χ4n) is 0.798. The van der Waals surface area contributed by atoms with Gasteiger partial charge < -0.3 is 0 Å². The molecule has 0 bridgehead atoms. The second-order valence-corrected chi connectivity index (χ2v) is 5.52. The van der Waals surface area contributed by atoms with Crippen molar-refractivity contribution in [2.75, 3.05) is 0 Å². The molecule has 0 spiro atoms. The molecule has 0 N–H and O–H groups in total. The molecule has 12 heavy (non-hydrogen) atoms. The van der Waals surface area contributed by atoms with Gasteiger partial charge in [0.05, 0.1) is 14.9 Å². The van der Waals surface area contributed by atoms with Crippen molar-refractivity contribution < 1.29 is 4.39 Å². The van der Waals surface area contributed by atoms with E-state index in [4.69, 9.17) is 0 Å². The predicted molar refractivity (Wildman–Crippen MR) is 53.1 cm³/mol. The minimum atomic E-state index is -0.241. The summed E-state index contributed by atoms with van der Waals surface area (Å²) in [5.74, 6) is 0. The first-order valence-corrected chi connectivity index (χ1v) is 5.55. The van der Waals surface area contributed by atoms with Crippen molar-refractivity contribution in [1.29, 1.82) is 0 Å². The second-order valence-electron chi connectivity index (χ2n) is 2.07. The number of thiophene rings is 1. The number of thiazole rings is 1. The number of nitrogens with zero attached hydrogens (tertiary/aromatic N) is 1. The third-order valence-electron chi connectivity index (χ3n) is 1.26. The summed E-state index contributed by atoms with van der Waals surface area (Å²) in [5.41, 5.74) is 0. The Balaban J connectivity index is 2.43. The lowest BCUT2D eigenvalue weighted by Gasteiger charge is -1.84. The van der Waals surface area contributed by atoms with Crippen LogP contribution in [0.2, 0.25) is 0 Å². The van der Waals surface area contributed by atoms with Gasteiger partial charge in [-0.15, -0.1) is 11.3 Å². The van der Waals surface area contributed by atoms with Gasteiger partial charge >= 0.3 is 0 Å². The molecule has 0 aliphatic carbocycles. The van der Waals surface area contributed by atoms with Crippen LogP contribution in [-0.2, 0) is 0 Å². The van der Waals surface area contributed by atoms with Crippen molar-refractivity contribution in [2.45, 2.75) is 0 Å². The summed E-state index contributed by atoms with van der Waals surface area (Å²) >= 11 is 5.96. The van der Waals surface area contributed by atoms with E-state index in [9.17, 15) is 4.39 Å². The van der Waals surface area contributed by atoms with Crippen molar-refractivity contribution >= 4 is 38.6 Å². The van der Waals surface area contributed by atoms with Crippen LogP contribution in [0.15, 0.2) is 22.1 Å². The molecular formula is C7H3BrFNS2. The summed E-state index contributed by atoms with van der Waals surface area (Å²) in [5, 5.41) is 0.498. The maximum atomic E-state index is 12.6. The van der Waals surface area contributed by atoms with Gasteiger partial charge in [0.1, 0.15) is 5.01 Å². The number of rotatable bonds is 1. The lowest BCUT2D eigenvalue weighted by Crippen LogP contribution is -1.63. The van der Waals surface area contributed by atoms with Gasteiger partial charge in [0.2, 0.25) is 0 Å². The van der Waals surface area contributed by atoms with Crippen molar-refractivity contribution in [2.24, 2.45) is 0 Å². The Bertz CT molecular complexity index is 357. The Labute approximate surface area is 85.0 Å². The highest BCUT2D eigenvalue weighted by Crippen LogP contribution is 2.33. The van der Waals surface area contributed by atoms with Crippen LogP contribution in [-0.4, -0.2) is 4.98 Å². The van der Waals surface area contributed by atoms with E-state index < -0.39 is 0 Å². The minimum Gasteiger partial charge on any atom is -0.240 e. The topological polar surface area (TPSA) is 12.9 Å². The van der Waals surface area contributed by atoms with E-state index in [1.54, 1.807) is 11.3 Å². The Morgan fingerprint density at radius 2 is 2.17 bits per heavy atom. The van der Waals surface area contributed by atoms with E-state index in [0.29, 0.717) is 0 Å². The third-order valence-corrected chi connectivity index (χ3v) is 3.84. The molecule has 2 heterocycles. The van der Waals surface area contributed by atoms with E-state index in [1.807, 2.05) is 12.1 Å². The summed E-state index contributed by atoms with van der Waals surface area (Å²) < 4.78 is 13.6. The first kappa shape index (κ1) is 8.34. The smallest absolute Gasteiger partial charge is 0.196 e. The molecule has 0 unspecified atom stereocenters. The number of halogens is 2. The van der Waals surface area contributed by atoms with Crippen molar-refractivity contribution in [3.05, 3.63) is 27.2 Å². The summed E-state index contributed by atoms with van der Waals surface area (Å²) in [6.07, 6.45) is 1.24. The summed E-state index contributed by atoms with van der Waals surface area (Å²) in [4.78, 5) is 4.93. The monoisotopic (exact) mass is 263 g/mol. The second kappa shape index (κ2) is 3.24. The van der Waals surface area contributed by atoms with Crippen LogP contribution in [0.1, 0.15) is 0 Å². The molecular weight excluding hydrogens is 261 g/mol. The van der Waals surface area contributed by atoms with Gasteiger partial charge in [-0.2, -0.15) is 4.39 Å². The maximum absolute atomic E-state index is 12.6. The summed E-state index contributed by atoms with van der Waals surface area (Å²) in [7, 11) is 0. The van der Waals surface area contributed by atoms with Crippen LogP contribution in [0, 0.1) is 5.13 Å². The van der Waals surface area contributed by atoms with Gasteiger partial charge in [0.25, 0.3) is 0 Å². The molecule has 0 saturated heterocycles. The molecule has 0 aliphatic rings. The number of hydrogen-bond donors (Lipinski definition) is 0. The fraction of sp³-hybridized carbons (Fsp3) is 0. The Morgan fingerprint density at radius 3 is 2.67 bits per heavy atom. The van der Waals surface area contributed by atoms with Gasteiger partial charge in [0.15, 0.2) is 5.13 Å². The maximum Gasteiger partial charge on any atom is 0.196 e. The molecule has 0 radical (unpaired) electrons. The molecule has 62 valence electrons. The summed E-state index contributed by atoms with van der Waals surface area (Å²) in [6, 6.07) is 3.85. The lowest BCUT2D eigenvalue weighted by atomic mass is 10.5. The van der Waals surface area contributed by atoms with E-state index in [1.165, 1.54) is 6.20 Å². The zero-order chi connectivity index (χ0) is 8.55. The molecule has 0 fully saturated rings. The van der Waals surface area contributed by atoms with Crippen LogP contribution in [0.4, 0.5) is 4.39 Å². The van der Waals surface area contributed by atoms with Crippen LogP contribution >= 0.6 is 38.6 Å². The van der Waals surface area contributed by atoms with Crippen LogP contribution < -0.4 is 0 Å². The van der Waals surface area contributed by atoms with Gasteiger partial charge in [-0.1, -0.05) is 11.3 Å². The third kappa shape index (κ3) is 1.57. The standard InChI is InChI=1S/C7H3BrFNS2/c8-5-2-1-4(11-5)7-10-3-6(9)12-7/h1-3H. The highest BCUT2D eigenvalue weighted by Gasteiger charge is 2.05. The van der Waals surface area contributed by atoms with Crippen molar-refractivity contribution in [1.82, 2.24) is 4.98 Å². The van der Waals surface area contributed by atoms with E-state index in [-0.39, 0.29) is 5.13 Å². The average molecular weight is 264 g/mol. The molecule has 2 aromatic heterocycles. The van der Waals surface area contributed by atoms with Crippen molar-refractivity contribution in [3.8, 4) is 9.88 Å². The number of hydrogen-bond acceptors (Lipinski definition) is 3. The van der Waals surface area contributed by atoms with E-state index >= 15 is 0 Å². The fourth-order valence-corrected chi connectivity index (χ4v) is 2.89. The molecule has 2 rings (SSSR count). The van der Waals surface area contributed by atoms with Crippen molar-refractivity contribution in [3.63, 3.8) is 0 Å². The zero-order valence-corrected chi connectivity index (χ0v) is 8.97. The van der Waals surface area contributed by atoms with Gasteiger partial charge in [0, 0.05) is 0 Å². The number of aromatic nitrogens is 1. The van der Waals surface area contributed by atoms with Crippen LogP contribution in [0.25, 0.3) is 9.88 Å². The van der Waals surface area contributed by atoms with E-state index in [2.05, 4.69) is 20.9 Å². The first-order chi connectivity index (χ1) is 5.75. The molecule has 1 nitrogen and oxygen atoms in total. The average Bonchev–Trinajstić information content (AvgIpc) is 2.58. The first-order valence-electron chi connectivity index (χ1n) is 3.13. The predicted octanol–water partition coefficient (Wildman–Crippen LogP) is 3.77. The molecule has 2 aromatic rings. The molecule has 0 atom stereocenters. The highest BCUT2D eigenvalue weighted by molar-refractivity contribution is 9.11. The zero-order valence-electron chi connectivity index (χ0n) is 5.75. The minimum absolute atomic E-state index is 0.241. The molecule has 0 aromatic carbocycles. The van der Waals surface area contributed by atoms with E-state index in [0.717, 1.165) is 25.0 Å². The van der Waals surface area contributed by atoms with Gasteiger partial charge in [-0.3, -0.25) is 0 Å². The van der Waals surface area contributed by atoms with Gasteiger partial charge in [-0.05, 0) is 28.1 Å². The highest BCUT2D eigenvalue weighted by atomic mass is 79.9. The SMILES string of the molecule is Fc1cnc(-c2ccc(Br)s2)s1. The molecule has 5 heteroatoms. The lowest BCUT2D eigenvalue weighted by molar-refractivity contribution is 0.653.